The summed E-state index contributed by atoms with van der Waals surface area (Å²) >= 11 is 0. The van der Waals surface area contributed by atoms with Gasteiger partial charge >= 0.3 is 0 Å². The van der Waals surface area contributed by atoms with Crippen LogP contribution >= 0.6 is 0 Å². The molecular weight excluding hydrogens is 334 g/mol. The van der Waals surface area contributed by atoms with Crippen LogP contribution in [-0.4, -0.2) is 41.5 Å². The van der Waals surface area contributed by atoms with Crippen molar-refractivity contribution in [1.82, 2.24) is 15.2 Å². The summed E-state index contributed by atoms with van der Waals surface area (Å²) < 4.78 is 10.7. The molecule has 0 bridgehead atoms. The standard InChI is InChI=1S/C18H19N5O3/c24-17-15(12-13-4-3-9-26-13)21-22-18(20-17)19-14-5-1-2-6-16(14)23-7-10-25-11-8-23/h1-6,9H,7-8,10-12H2,(H2,19,20,22,24). The monoisotopic (exact) mass is 353 g/mol. The second-order valence-corrected chi connectivity index (χ2v) is 5.95. The Morgan fingerprint density at radius 1 is 1.12 bits per heavy atom. The summed E-state index contributed by atoms with van der Waals surface area (Å²) in [7, 11) is 0. The number of para-hydroxylation sites is 2. The fraction of sp³-hybridized carbons (Fsp3) is 0.278. The van der Waals surface area contributed by atoms with Crippen LogP contribution in [0.25, 0.3) is 0 Å². The lowest BCUT2D eigenvalue weighted by molar-refractivity contribution is 0.123. The molecule has 1 fully saturated rings. The average molecular weight is 353 g/mol. The molecular formula is C18H19N5O3. The fourth-order valence-corrected chi connectivity index (χ4v) is 2.90. The van der Waals surface area contributed by atoms with Crippen LogP contribution in [0.1, 0.15) is 11.5 Å². The third-order valence-corrected chi connectivity index (χ3v) is 4.20. The van der Waals surface area contributed by atoms with Crippen molar-refractivity contribution in [3.8, 4) is 0 Å². The number of hydrogen-bond acceptors (Lipinski definition) is 7. The maximum absolute atomic E-state index is 12.3. The second kappa shape index (κ2) is 7.40. The zero-order valence-electron chi connectivity index (χ0n) is 14.1. The molecule has 134 valence electrons. The smallest absolute Gasteiger partial charge is 0.274 e. The van der Waals surface area contributed by atoms with E-state index in [1.165, 1.54) is 0 Å². The summed E-state index contributed by atoms with van der Waals surface area (Å²) in [6.07, 6.45) is 1.87. The Balaban J connectivity index is 1.54. The van der Waals surface area contributed by atoms with Gasteiger partial charge in [-0.3, -0.25) is 9.78 Å². The Morgan fingerprint density at radius 2 is 1.96 bits per heavy atom. The number of nitrogens with zero attached hydrogens (tertiary/aromatic N) is 3. The number of morpholine rings is 1. The number of nitrogens with one attached hydrogen (secondary N) is 2. The first-order chi connectivity index (χ1) is 12.8. The molecule has 1 aliphatic rings. The SMILES string of the molecule is O=c1[nH]c(Nc2ccccc2N2CCOCC2)nnc1Cc1ccco1. The molecule has 3 heterocycles. The Hall–Kier alpha value is -3.13. The van der Waals surface area contributed by atoms with Gasteiger partial charge in [0.05, 0.1) is 37.3 Å². The summed E-state index contributed by atoms with van der Waals surface area (Å²) in [6.45, 7) is 3.05. The van der Waals surface area contributed by atoms with E-state index in [2.05, 4.69) is 25.4 Å². The van der Waals surface area contributed by atoms with Crippen LogP contribution in [0.4, 0.5) is 17.3 Å². The molecule has 26 heavy (non-hydrogen) atoms. The van der Waals surface area contributed by atoms with Crippen molar-refractivity contribution in [2.24, 2.45) is 0 Å². The minimum atomic E-state index is -0.289. The lowest BCUT2D eigenvalue weighted by atomic mass is 10.2. The summed E-state index contributed by atoms with van der Waals surface area (Å²) in [5.41, 5.74) is 1.92. The second-order valence-electron chi connectivity index (χ2n) is 5.95. The number of benzene rings is 1. The average Bonchev–Trinajstić information content (AvgIpc) is 3.18. The number of ether oxygens (including phenoxy) is 1. The van der Waals surface area contributed by atoms with Crippen LogP contribution < -0.4 is 15.8 Å². The van der Waals surface area contributed by atoms with Gasteiger partial charge in [0.2, 0.25) is 5.95 Å². The van der Waals surface area contributed by atoms with Crippen LogP contribution in [0, 0.1) is 0 Å². The van der Waals surface area contributed by atoms with Gasteiger partial charge in [0, 0.05) is 13.1 Å². The van der Waals surface area contributed by atoms with Crippen LogP contribution in [0.5, 0.6) is 0 Å². The van der Waals surface area contributed by atoms with Crippen LogP contribution in [0.15, 0.2) is 51.9 Å². The summed E-state index contributed by atoms with van der Waals surface area (Å²) in [6, 6.07) is 11.5. The number of hydrogen-bond donors (Lipinski definition) is 2. The highest BCUT2D eigenvalue weighted by molar-refractivity contribution is 5.73. The third-order valence-electron chi connectivity index (χ3n) is 4.20. The van der Waals surface area contributed by atoms with E-state index in [0.717, 1.165) is 24.5 Å². The van der Waals surface area contributed by atoms with Crippen molar-refractivity contribution < 1.29 is 9.15 Å². The zero-order chi connectivity index (χ0) is 17.8. The molecule has 0 aliphatic carbocycles. The summed E-state index contributed by atoms with van der Waals surface area (Å²) in [5, 5.41) is 11.3. The Labute approximate surface area is 149 Å². The topological polar surface area (TPSA) is 96.3 Å². The lowest BCUT2D eigenvalue weighted by Crippen LogP contribution is -2.36. The molecule has 1 aliphatic heterocycles. The van der Waals surface area contributed by atoms with Crippen molar-refractivity contribution in [2.45, 2.75) is 6.42 Å². The lowest BCUT2D eigenvalue weighted by Gasteiger charge is -2.30. The predicted molar refractivity (Wildman–Crippen MR) is 96.9 cm³/mol. The first-order valence-electron chi connectivity index (χ1n) is 8.46. The quantitative estimate of drug-likeness (QED) is 0.723. The van der Waals surface area contributed by atoms with Gasteiger partial charge in [-0.2, -0.15) is 0 Å². The first-order valence-corrected chi connectivity index (χ1v) is 8.46. The molecule has 8 heteroatoms. The molecule has 0 saturated carbocycles. The highest BCUT2D eigenvalue weighted by Crippen LogP contribution is 2.27. The van der Waals surface area contributed by atoms with Crippen molar-refractivity contribution in [2.75, 3.05) is 36.5 Å². The van der Waals surface area contributed by atoms with Gasteiger partial charge in [-0.05, 0) is 24.3 Å². The van der Waals surface area contributed by atoms with E-state index >= 15 is 0 Å². The molecule has 0 atom stereocenters. The van der Waals surface area contributed by atoms with Crippen molar-refractivity contribution in [3.05, 3.63) is 64.5 Å². The Kier molecular flexibility index (Phi) is 4.65. The largest absolute Gasteiger partial charge is 0.469 e. The van der Waals surface area contributed by atoms with Crippen molar-refractivity contribution >= 4 is 17.3 Å². The molecule has 1 aromatic carbocycles. The summed E-state index contributed by atoms with van der Waals surface area (Å²) in [4.78, 5) is 17.3. The van der Waals surface area contributed by atoms with E-state index in [1.54, 1.807) is 18.4 Å². The first kappa shape index (κ1) is 16.3. The van der Waals surface area contributed by atoms with Crippen LogP contribution in [0.3, 0.4) is 0 Å². The number of H-pyrrole nitrogens is 1. The molecule has 8 nitrogen and oxygen atoms in total. The number of rotatable bonds is 5. The van der Waals surface area contributed by atoms with E-state index in [4.69, 9.17) is 9.15 Å². The number of aromatic nitrogens is 3. The molecule has 2 N–H and O–H groups in total. The Bertz CT molecular complexity index is 917. The van der Waals surface area contributed by atoms with Gasteiger partial charge < -0.3 is 19.4 Å². The summed E-state index contributed by atoms with van der Waals surface area (Å²) in [5.74, 6) is 0.974. The van der Waals surface area contributed by atoms with Crippen LogP contribution in [-0.2, 0) is 11.2 Å². The highest BCUT2D eigenvalue weighted by atomic mass is 16.5. The number of anilines is 3. The minimum Gasteiger partial charge on any atom is -0.469 e. The zero-order valence-corrected chi connectivity index (χ0v) is 14.1. The number of furan rings is 1. The molecule has 0 radical (unpaired) electrons. The third kappa shape index (κ3) is 3.60. The van der Waals surface area contributed by atoms with E-state index in [-0.39, 0.29) is 5.56 Å². The molecule has 3 aromatic rings. The minimum absolute atomic E-state index is 0.289. The molecule has 0 spiro atoms. The van der Waals surface area contributed by atoms with E-state index < -0.39 is 0 Å². The van der Waals surface area contributed by atoms with Crippen LogP contribution in [0.2, 0.25) is 0 Å². The maximum atomic E-state index is 12.3. The van der Waals surface area contributed by atoms with Gasteiger partial charge in [-0.25, -0.2) is 0 Å². The van der Waals surface area contributed by atoms with Crippen molar-refractivity contribution in [1.29, 1.82) is 0 Å². The van der Waals surface area contributed by atoms with Crippen molar-refractivity contribution in [3.63, 3.8) is 0 Å². The normalized spacial score (nSPS) is 14.4. The molecule has 0 amide bonds. The number of aromatic amines is 1. The van der Waals surface area contributed by atoms with Gasteiger partial charge in [-0.1, -0.05) is 12.1 Å². The van der Waals surface area contributed by atoms with E-state index in [1.807, 2.05) is 24.3 Å². The van der Waals surface area contributed by atoms with Gasteiger partial charge in [0.15, 0.2) is 0 Å². The maximum Gasteiger partial charge on any atom is 0.274 e. The predicted octanol–water partition coefficient (Wildman–Crippen LogP) is 1.93. The van der Waals surface area contributed by atoms with E-state index in [0.29, 0.717) is 37.0 Å². The van der Waals surface area contributed by atoms with Gasteiger partial charge in [0.1, 0.15) is 11.5 Å². The van der Waals surface area contributed by atoms with Gasteiger partial charge in [-0.15, -0.1) is 10.2 Å². The van der Waals surface area contributed by atoms with E-state index in [9.17, 15) is 4.79 Å². The molecule has 0 unspecified atom stereocenters. The molecule has 2 aromatic heterocycles. The molecule has 1 saturated heterocycles. The van der Waals surface area contributed by atoms with Gasteiger partial charge in [0.25, 0.3) is 5.56 Å². The molecule has 4 rings (SSSR count). The Morgan fingerprint density at radius 3 is 2.73 bits per heavy atom. The fourth-order valence-electron chi connectivity index (χ4n) is 2.90. The highest BCUT2D eigenvalue weighted by Gasteiger charge is 2.15.